The number of nitrogens with zero attached hydrogens (tertiary/aromatic N) is 2. The van der Waals surface area contributed by atoms with E-state index < -0.39 is 24.5 Å². The second-order valence-corrected chi connectivity index (χ2v) is 8.06. The minimum atomic E-state index is -1.13. The molecule has 2 amide bonds. The summed E-state index contributed by atoms with van der Waals surface area (Å²) in [5.41, 5.74) is 4.43. The Balaban J connectivity index is 1.48. The number of likely N-dealkylation sites (N-methyl/N-ethyl adjacent to an activating group) is 1. The van der Waals surface area contributed by atoms with Crippen LogP contribution in [0.25, 0.3) is 11.1 Å². The molecule has 7 nitrogen and oxygen atoms in total. The van der Waals surface area contributed by atoms with Crippen molar-refractivity contribution in [1.82, 2.24) is 9.80 Å². The molecule has 162 valence electrons. The number of fused-ring (bicyclic) bond motifs is 3. The Morgan fingerprint density at radius 3 is 2.13 bits per heavy atom. The van der Waals surface area contributed by atoms with Gasteiger partial charge >= 0.3 is 12.1 Å². The van der Waals surface area contributed by atoms with Crippen LogP contribution in [0.3, 0.4) is 0 Å². The molecule has 0 radical (unpaired) electrons. The fourth-order valence-electron chi connectivity index (χ4n) is 4.53. The first-order valence-corrected chi connectivity index (χ1v) is 10.6. The quantitative estimate of drug-likeness (QED) is 0.772. The van der Waals surface area contributed by atoms with E-state index in [4.69, 9.17) is 4.74 Å². The number of carboxylic acids is 1. The fraction of sp³-hybridized carbons (Fsp3) is 0.375. The van der Waals surface area contributed by atoms with Gasteiger partial charge in [0.2, 0.25) is 5.91 Å². The summed E-state index contributed by atoms with van der Waals surface area (Å²) in [7, 11) is 1.43. The fourth-order valence-corrected chi connectivity index (χ4v) is 4.53. The molecule has 2 aliphatic rings. The Bertz CT molecular complexity index is 953. The molecule has 0 saturated carbocycles. The van der Waals surface area contributed by atoms with Gasteiger partial charge in [0.05, 0.1) is 6.42 Å². The SMILES string of the molecule is CN(C(=O)OCC1c2ccccc2-c2ccccc21)C(CC(=O)O)C(=O)N1CCCC1. The number of benzene rings is 2. The standard InChI is InChI=1S/C24H26N2O5/c1-25(21(14-22(27)28)23(29)26-12-6-7-13-26)24(30)31-15-20-18-10-4-2-8-16(18)17-9-3-5-11-19(17)20/h2-5,8-11,20-21H,6-7,12-15H2,1H3,(H,27,28). The van der Waals surface area contributed by atoms with Crippen molar-refractivity contribution in [2.24, 2.45) is 0 Å². The number of ether oxygens (including phenoxy) is 1. The summed E-state index contributed by atoms with van der Waals surface area (Å²) in [6.45, 7) is 1.30. The molecule has 2 aromatic carbocycles. The molecule has 1 N–H and O–H groups in total. The van der Waals surface area contributed by atoms with Gasteiger partial charge in [0.1, 0.15) is 12.6 Å². The summed E-state index contributed by atoms with van der Waals surface area (Å²) in [4.78, 5) is 39.7. The lowest BCUT2D eigenvalue weighted by molar-refractivity contribution is -0.144. The van der Waals surface area contributed by atoms with Crippen molar-refractivity contribution in [3.05, 3.63) is 59.7 Å². The number of carbonyl (C=O) groups is 3. The van der Waals surface area contributed by atoms with Crippen LogP contribution in [0.2, 0.25) is 0 Å². The Hall–Kier alpha value is -3.35. The van der Waals surface area contributed by atoms with E-state index in [9.17, 15) is 19.5 Å². The van der Waals surface area contributed by atoms with Gasteiger partial charge in [-0.25, -0.2) is 4.79 Å². The van der Waals surface area contributed by atoms with Gasteiger partial charge in [0, 0.05) is 26.1 Å². The van der Waals surface area contributed by atoms with E-state index in [0.29, 0.717) is 13.1 Å². The van der Waals surface area contributed by atoms with Crippen LogP contribution in [0.15, 0.2) is 48.5 Å². The van der Waals surface area contributed by atoms with Gasteiger partial charge in [-0.3, -0.25) is 14.5 Å². The summed E-state index contributed by atoms with van der Waals surface area (Å²) in [6, 6.07) is 15.0. The molecule has 4 rings (SSSR count). The van der Waals surface area contributed by atoms with Gasteiger partial charge in [0.25, 0.3) is 0 Å². The summed E-state index contributed by atoms with van der Waals surface area (Å²) in [5.74, 6) is -1.57. The van der Waals surface area contributed by atoms with E-state index in [1.807, 2.05) is 36.4 Å². The molecule has 1 atom stereocenters. The van der Waals surface area contributed by atoms with E-state index in [-0.39, 0.29) is 18.4 Å². The highest BCUT2D eigenvalue weighted by Crippen LogP contribution is 2.44. The maximum Gasteiger partial charge on any atom is 0.410 e. The van der Waals surface area contributed by atoms with Crippen LogP contribution >= 0.6 is 0 Å². The van der Waals surface area contributed by atoms with Crippen molar-refractivity contribution in [1.29, 1.82) is 0 Å². The summed E-state index contributed by atoms with van der Waals surface area (Å²) >= 11 is 0. The smallest absolute Gasteiger partial charge is 0.410 e. The zero-order chi connectivity index (χ0) is 22.0. The molecule has 7 heteroatoms. The highest BCUT2D eigenvalue weighted by atomic mass is 16.6. The number of aliphatic carboxylic acids is 1. The van der Waals surface area contributed by atoms with Crippen LogP contribution in [-0.4, -0.2) is 65.7 Å². The van der Waals surface area contributed by atoms with Gasteiger partial charge in [0.15, 0.2) is 0 Å². The third-order valence-electron chi connectivity index (χ3n) is 6.16. The van der Waals surface area contributed by atoms with Gasteiger partial charge in [-0.05, 0) is 35.1 Å². The number of carboxylic acid groups (broad SMARTS) is 1. The predicted molar refractivity (Wildman–Crippen MR) is 115 cm³/mol. The van der Waals surface area contributed by atoms with Crippen molar-refractivity contribution in [3.8, 4) is 11.1 Å². The topological polar surface area (TPSA) is 87.1 Å². The number of amides is 2. The zero-order valence-corrected chi connectivity index (χ0v) is 17.5. The van der Waals surface area contributed by atoms with Crippen LogP contribution in [0, 0.1) is 0 Å². The van der Waals surface area contributed by atoms with E-state index in [1.165, 1.54) is 7.05 Å². The van der Waals surface area contributed by atoms with Crippen LogP contribution in [0.5, 0.6) is 0 Å². The summed E-state index contributed by atoms with van der Waals surface area (Å²) in [6.07, 6.45) is 0.636. The maximum atomic E-state index is 12.8. The first-order chi connectivity index (χ1) is 15.0. The molecule has 0 aromatic heterocycles. The number of carbonyl (C=O) groups excluding carboxylic acids is 2. The third kappa shape index (κ3) is 4.13. The molecule has 1 fully saturated rings. The maximum absolute atomic E-state index is 12.8. The normalized spacial score (nSPS) is 15.8. The van der Waals surface area contributed by atoms with Crippen LogP contribution in [0.1, 0.15) is 36.3 Å². The summed E-state index contributed by atoms with van der Waals surface area (Å²) < 4.78 is 5.60. The molecule has 1 saturated heterocycles. The third-order valence-corrected chi connectivity index (χ3v) is 6.16. The van der Waals surface area contributed by atoms with Crippen LogP contribution < -0.4 is 0 Å². The molecule has 2 aromatic rings. The largest absolute Gasteiger partial charge is 0.481 e. The average molecular weight is 422 g/mol. The lowest BCUT2D eigenvalue weighted by Crippen LogP contribution is -2.49. The van der Waals surface area contributed by atoms with Crippen molar-refractivity contribution in [2.75, 3.05) is 26.7 Å². The minimum absolute atomic E-state index is 0.100. The van der Waals surface area contributed by atoms with Crippen molar-refractivity contribution in [3.63, 3.8) is 0 Å². The van der Waals surface area contributed by atoms with Crippen LogP contribution in [-0.2, 0) is 14.3 Å². The predicted octanol–water partition coefficient (Wildman–Crippen LogP) is 3.33. The first kappa shape index (κ1) is 20.9. The second-order valence-electron chi connectivity index (χ2n) is 8.06. The van der Waals surface area contributed by atoms with Gasteiger partial charge < -0.3 is 14.7 Å². The first-order valence-electron chi connectivity index (χ1n) is 10.6. The van der Waals surface area contributed by atoms with E-state index >= 15 is 0 Å². The molecule has 0 spiro atoms. The monoisotopic (exact) mass is 422 g/mol. The highest BCUT2D eigenvalue weighted by molar-refractivity contribution is 5.89. The highest BCUT2D eigenvalue weighted by Gasteiger charge is 2.35. The van der Waals surface area contributed by atoms with E-state index in [0.717, 1.165) is 40.0 Å². The number of rotatable bonds is 6. The van der Waals surface area contributed by atoms with Gasteiger partial charge in [-0.1, -0.05) is 48.5 Å². The lowest BCUT2D eigenvalue weighted by Gasteiger charge is -2.29. The van der Waals surface area contributed by atoms with E-state index in [2.05, 4.69) is 12.1 Å². The minimum Gasteiger partial charge on any atom is -0.481 e. The molecule has 31 heavy (non-hydrogen) atoms. The Morgan fingerprint density at radius 2 is 1.58 bits per heavy atom. The molecule has 0 bridgehead atoms. The lowest BCUT2D eigenvalue weighted by atomic mass is 9.98. The molecular weight excluding hydrogens is 396 g/mol. The number of hydrogen-bond acceptors (Lipinski definition) is 4. The van der Waals surface area contributed by atoms with E-state index in [1.54, 1.807) is 4.90 Å². The van der Waals surface area contributed by atoms with Crippen molar-refractivity contribution >= 4 is 18.0 Å². The Kier molecular flexibility index (Phi) is 5.93. The van der Waals surface area contributed by atoms with Crippen molar-refractivity contribution in [2.45, 2.75) is 31.2 Å². The molecule has 1 unspecified atom stereocenters. The van der Waals surface area contributed by atoms with Crippen molar-refractivity contribution < 1.29 is 24.2 Å². The second kappa shape index (κ2) is 8.79. The Morgan fingerprint density at radius 1 is 1.03 bits per heavy atom. The molecular formula is C24H26N2O5. The van der Waals surface area contributed by atoms with Crippen LogP contribution in [0.4, 0.5) is 4.79 Å². The molecule has 1 aliphatic carbocycles. The average Bonchev–Trinajstić information content (AvgIpc) is 3.42. The molecule has 1 heterocycles. The Labute approximate surface area is 181 Å². The molecule has 1 aliphatic heterocycles. The number of hydrogen-bond donors (Lipinski definition) is 1. The summed E-state index contributed by atoms with van der Waals surface area (Å²) in [5, 5.41) is 9.28. The van der Waals surface area contributed by atoms with Gasteiger partial charge in [-0.15, -0.1) is 0 Å². The zero-order valence-electron chi connectivity index (χ0n) is 17.5. The number of likely N-dealkylation sites (tertiary alicyclic amines) is 1. The van der Waals surface area contributed by atoms with Gasteiger partial charge in [-0.2, -0.15) is 0 Å².